The second-order valence-electron chi connectivity index (χ2n) is 5.57. The summed E-state index contributed by atoms with van der Waals surface area (Å²) in [6.07, 6.45) is 6.62. The number of fused-ring (bicyclic) bond motifs is 2. The molecular weight excluding hydrogens is 334 g/mol. The molecule has 0 saturated carbocycles. The van der Waals surface area contributed by atoms with Crippen LogP contribution in [0.4, 0.5) is 5.82 Å². The molecule has 0 atom stereocenters. The van der Waals surface area contributed by atoms with Gasteiger partial charge in [-0.05, 0) is 35.2 Å². The number of pyridine rings is 1. The molecule has 4 rings (SSSR count). The molecule has 25 heavy (non-hydrogen) atoms. The third kappa shape index (κ3) is 2.66. The van der Waals surface area contributed by atoms with Crippen molar-refractivity contribution in [3.8, 4) is 11.1 Å². The number of nitrogens with two attached hydrogens (primary N) is 1. The SMILES string of the molecule is CNC(=O)C=Cc1cnc(N)c2c(-c3ccc4occc4c3)csc12. The van der Waals surface area contributed by atoms with Crippen LogP contribution in [0.3, 0.4) is 0 Å². The molecule has 0 saturated heterocycles. The molecule has 1 amide bonds. The molecule has 6 heteroatoms. The Hall–Kier alpha value is -3.12. The van der Waals surface area contributed by atoms with E-state index in [-0.39, 0.29) is 5.91 Å². The lowest BCUT2D eigenvalue weighted by molar-refractivity contribution is -0.115. The van der Waals surface area contributed by atoms with E-state index in [4.69, 9.17) is 10.2 Å². The number of amides is 1. The Balaban J connectivity index is 1.88. The summed E-state index contributed by atoms with van der Waals surface area (Å²) in [7, 11) is 1.60. The van der Waals surface area contributed by atoms with Crippen LogP contribution in [0.25, 0.3) is 38.3 Å². The quantitative estimate of drug-likeness (QED) is 0.547. The third-order valence-electron chi connectivity index (χ3n) is 4.08. The van der Waals surface area contributed by atoms with Crippen LogP contribution in [0.2, 0.25) is 0 Å². The average Bonchev–Trinajstić information content (AvgIpc) is 3.27. The van der Waals surface area contributed by atoms with Crippen molar-refractivity contribution < 1.29 is 9.21 Å². The molecule has 3 N–H and O–H groups in total. The highest BCUT2D eigenvalue weighted by atomic mass is 32.1. The van der Waals surface area contributed by atoms with Crippen molar-refractivity contribution in [3.05, 3.63) is 53.7 Å². The van der Waals surface area contributed by atoms with Crippen molar-refractivity contribution in [2.45, 2.75) is 0 Å². The van der Waals surface area contributed by atoms with Gasteiger partial charge in [-0.25, -0.2) is 4.98 Å². The van der Waals surface area contributed by atoms with Gasteiger partial charge in [0.1, 0.15) is 11.4 Å². The third-order valence-corrected chi connectivity index (χ3v) is 5.11. The van der Waals surface area contributed by atoms with Crippen molar-refractivity contribution in [2.75, 3.05) is 12.8 Å². The van der Waals surface area contributed by atoms with Gasteiger partial charge in [0.05, 0.1) is 6.26 Å². The first-order valence-corrected chi connectivity index (χ1v) is 8.58. The van der Waals surface area contributed by atoms with Gasteiger partial charge in [0.25, 0.3) is 0 Å². The lowest BCUT2D eigenvalue weighted by Crippen LogP contribution is -2.13. The number of benzene rings is 1. The highest BCUT2D eigenvalue weighted by Gasteiger charge is 2.14. The van der Waals surface area contributed by atoms with Crippen LogP contribution >= 0.6 is 11.3 Å². The second-order valence-corrected chi connectivity index (χ2v) is 6.45. The normalized spacial score (nSPS) is 11.6. The summed E-state index contributed by atoms with van der Waals surface area (Å²) in [4.78, 5) is 15.8. The predicted molar refractivity (Wildman–Crippen MR) is 102 cm³/mol. The molecule has 0 radical (unpaired) electrons. The highest BCUT2D eigenvalue weighted by Crippen LogP contribution is 2.39. The van der Waals surface area contributed by atoms with Crippen LogP contribution < -0.4 is 11.1 Å². The van der Waals surface area contributed by atoms with Crippen LogP contribution in [-0.4, -0.2) is 17.9 Å². The van der Waals surface area contributed by atoms with Crippen LogP contribution in [-0.2, 0) is 4.79 Å². The van der Waals surface area contributed by atoms with Crippen molar-refractivity contribution >= 4 is 50.2 Å². The number of anilines is 1. The van der Waals surface area contributed by atoms with Crippen LogP contribution in [0.1, 0.15) is 5.56 Å². The van der Waals surface area contributed by atoms with Crippen molar-refractivity contribution in [2.24, 2.45) is 0 Å². The van der Waals surface area contributed by atoms with Gasteiger partial charge in [0.2, 0.25) is 5.91 Å². The Labute approximate surface area is 147 Å². The van der Waals surface area contributed by atoms with E-state index in [9.17, 15) is 4.79 Å². The summed E-state index contributed by atoms with van der Waals surface area (Å²) in [6, 6.07) is 7.98. The molecule has 0 unspecified atom stereocenters. The molecule has 0 aliphatic carbocycles. The topological polar surface area (TPSA) is 81.2 Å². The van der Waals surface area contributed by atoms with Crippen molar-refractivity contribution in [1.29, 1.82) is 0 Å². The monoisotopic (exact) mass is 349 g/mol. The van der Waals surface area contributed by atoms with Crippen molar-refractivity contribution in [1.82, 2.24) is 10.3 Å². The summed E-state index contributed by atoms with van der Waals surface area (Å²) >= 11 is 1.59. The molecule has 4 aromatic rings. The summed E-state index contributed by atoms with van der Waals surface area (Å²) in [6.45, 7) is 0. The summed E-state index contributed by atoms with van der Waals surface area (Å²) in [5.74, 6) is 0.322. The maximum atomic E-state index is 11.5. The van der Waals surface area contributed by atoms with Gasteiger partial charge in [0, 0.05) is 45.9 Å². The van der Waals surface area contributed by atoms with Gasteiger partial charge in [-0.15, -0.1) is 11.3 Å². The van der Waals surface area contributed by atoms with Crippen LogP contribution in [0, 0.1) is 0 Å². The van der Waals surface area contributed by atoms with Crippen LogP contribution in [0.15, 0.2) is 52.6 Å². The van der Waals surface area contributed by atoms with Gasteiger partial charge in [-0.2, -0.15) is 0 Å². The number of likely N-dealkylation sites (N-methyl/N-ethyl adjacent to an activating group) is 1. The minimum atomic E-state index is -0.160. The standard InChI is InChI=1S/C19H15N3O2S/c1-21-16(23)5-3-13-9-22-19(20)17-14(10-25-18(13)17)11-2-4-15-12(8-11)6-7-24-15/h2-10H,1H3,(H2,20,22)(H,21,23). The number of hydrogen-bond acceptors (Lipinski definition) is 5. The van der Waals surface area contributed by atoms with Gasteiger partial charge < -0.3 is 15.5 Å². The van der Waals surface area contributed by atoms with E-state index in [2.05, 4.69) is 21.7 Å². The first-order chi connectivity index (χ1) is 12.2. The molecule has 0 fully saturated rings. The van der Waals surface area contributed by atoms with Gasteiger partial charge >= 0.3 is 0 Å². The number of furan rings is 1. The molecule has 0 spiro atoms. The fourth-order valence-corrected chi connectivity index (χ4v) is 3.88. The maximum Gasteiger partial charge on any atom is 0.243 e. The van der Waals surface area contributed by atoms with E-state index in [1.54, 1.807) is 36.9 Å². The number of rotatable bonds is 3. The first-order valence-electron chi connectivity index (χ1n) is 7.70. The summed E-state index contributed by atoms with van der Waals surface area (Å²) in [5, 5.41) is 6.58. The molecule has 3 aromatic heterocycles. The Morgan fingerprint density at radius 1 is 1.36 bits per heavy atom. The lowest BCUT2D eigenvalue weighted by atomic mass is 10.0. The summed E-state index contributed by atoms with van der Waals surface area (Å²) < 4.78 is 6.41. The van der Waals surface area contributed by atoms with Crippen LogP contribution in [0.5, 0.6) is 0 Å². The number of nitrogen functional groups attached to an aromatic ring is 1. The van der Waals surface area contributed by atoms with Crippen molar-refractivity contribution in [3.63, 3.8) is 0 Å². The number of thiophene rings is 1. The fourth-order valence-electron chi connectivity index (χ4n) is 2.80. The predicted octanol–water partition coefficient (Wildman–Crippen LogP) is 4.05. The average molecular weight is 349 g/mol. The molecule has 5 nitrogen and oxygen atoms in total. The largest absolute Gasteiger partial charge is 0.464 e. The highest BCUT2D eigenvalue weighted by molar-refractivity contribution is 7.18. The summed E-state index contributed by atoms with van der Waals surface area (Å²) in [5.41, 5.74) is 9.96. The van der Waals surface area contributed by atoms with Gasteiger partial charge in [-0.1, -0.05) is 6.07 Å². The molecule has 0 aliphatic rings. The van der Waals surface area contributed by atoms with Gasteiger partial charge in [-0.3, -0.25) is 4.79 Å². The second kappa shape index (κ2) is 6.07. The Morgan fingerprint density at radius 3 is 3.08 bits per heavy atom. The fraction of sp³-hybridized carbons (Fsp3) is 0.0526. The van der Waals surface area contributed by atoms with E-state index in [1.807, 2.05) is 18.2 Å². The van der Waals surface area contributed by atoms with Gasteiger partial charge in [0.15, 0.2) is 0 Å². The number of nitrogens with one attached hydrogen (secondary N) is 1. The number of nitrogens with zero attached hydrogens (tertiary/aromatic N) is 1. The zero-order valence-corrected chi connectivity index (χ0v) is 14.3. The van der Waals surface area contributed by atoms with E-state index < -0.39 is 0 Å². The Morgan fingerprint density at radius 2 is 2.24 bits per heavy atom. The number of hydrogen-bond donors (Lipinski definition) is 2. The zero-order valence-electron chi connectivity index (χ0n) is 13.4. The number of aromatic nitrogens is 1. The smallest absolute Gasteiger partial charge is 0.243 e. The van der Waals surface area contributed by atoms with E-state index >= 15 is 0 Å². The molecule has 3 heterocycles. The minimum absolute atomic E-state index is 0.160. The minimum Gasteiger partial charge on any atom is -0.464 e. The molecule has 0 aliphatic heterocycles. The molecular formula is C19H15N3O2S. The number of carbonyl (C=O) groups is 1. The van der Waals surface area contributed by atoms with E-state index in [0.717, 1.165) is 37.7 Å². The molecule has 124 valence electrons. The zero-order chi connectivity index (χ0) is 17.4. The van der Waals surface area contributed by atoms with E-state index in [1.165, 1.54) is 6.08 Å². The lowest BCUT2D eigenvalue weighted by Gasteiger charge is -2.04. The molecule has 0 bridgehead atoms. The first kappa shape index (κ1) is 15.4. The molecule has 1 aromatic carbocycles. The Kier molecular flexibility index (Phi) is 3.74. The Bertz CT molecular complexity index is 1120. The number of carbonyl (C=O) groups excluding carboxylic acids is 1. The van der Waals surface area contributed by atoms with E-state index in [0.29, 0.717) is 5.82 Å². The maximum absolute atomic E-state index is 11.5.